The van der Waals surface area contributed by atoms with Gasteiger partial charge in [0.2, 0.25) is 0 Å². The van der Waals surface area contributed by atoms with Crippen LogP contribution in [0.15, 0.2) is 16.6 Å². The Kier molecular flexibility index (Phi) is 4.20. The molecular formula is C13H18BrNS. The smallest absolute Gasteiger partial charge is 0.0402 e. The third kappa shape index (κ3) is 2.95. The van der Waals surface area contributed by atoms with Crippen molar-refractivity contribution in [3.8, 4) is 0 Å². The van der Waals surface area contributed by atoms with E-state index in [1.807, 2.05) is 0 Å². The lowest BCUT2D eigenvalue weighted by Gasteiger charge is -2.25. The van der Waals surface area contributed by atoms with Crippen LogP contribution in [0.5, 0.6) is 0 Å². The van der Waals surface area contributed by atoms with Gasteiger partial charge in [-0.15, -0.1) is 0 Å². The third-order valence-corrected chi connectivity index (χ3v) is 4.57. The van der Waals surface area contributed by atoms with Crippen molar-refractivity contribution in [1.82, 2.24) is 0 Å². The summed E-state index contributed by atoms with van der Waals surface area (Å²) in [6.07, 6.45) is 2.58. The lowest BCUT2D eigenvalue weighted by molar-refractivity contribution is 0.665. The van der Waals surface area contributed by atoms with E-state index in [2.05, 4.69) is 59.0 Å². The van der Waals surface area contributed by atoms with Gasteiger partial charge in [-0.2, -0.15) is 11.8 Å². The van der Waals surface area contributed by atoms with Gasteiger partial charge in [-0.25, -0.2) is 0 Å². The van der Waals surface area contributed by atoms with Gasteiger partial charge < -0.3 is 5.32 Å². The Labute approximate surface area is 111 Å². The van der Waals surface area contributed by atoms with E-state index < -0.39 is 0 Å². The summed E-state index contributed by atoms with van der Waals surface area (Å²) in [5.74, 6) is 2.60. The van der Waals surface area contributed by atoms with Crippen LogP contribution in [0.2, 0.25) is 0 Å². The minimum atomic E-state index is 0.667. The predicted octanol–water partition coefficient (Wildman–Crippen LogP) is 4.37. The first-order valence-electron chi connectivity index (χ1n) is 5.78. The molecule has 1 N–H and O–H groups in total. The lowest BCUT2D eigenvalue weighted by Crippen LogP contribution is -2.25. The van der Waals surface area contributed by atoms with Gasteiger partial charge in [0.25, 0.3) is 0 Å². The molecule has 0 aromatic heterocycles. The summed E-state index contributed by atoms with van der Waals surface area (Å²) in [5.41, 5.74) is 4.01. The molecule has 88 valence electrons. The van der Waals surface area contributed by atoms with Crippen molar-refractivity contribution in [2.75, 3.05) is 16.8 Å². The molecule has 1 aliphatic heterocycles. The van der Waals surface area contributed by atoms with Gasteiger partial charge in [0, 0.05) is 16.2 Å². The highest BCUT2D eigenvalue weighted by Crippen LogP contribution is 2.28. The van der Waals surface area contributed by atoms with Crippen LogP contribution in [-0.4, -0.2) is 17.5 Å². The average Bonchev–Trinajstić information content (AvgIpc) is 2.25. The monoisotopic (exact) mass is 299 g/mol. The van der Waals surface area contributed by atoms with Crippen molar-refractivity contribution in [1.29, 1.82) is 0 Å². The Morgan fingerprint density at radius 3 is 2.31 bits per heavy atom. The van der Waals surface area contributed by atoms with Gasteiger partial charge in [0.15, 0.2) is 0 Å². The zero-order valence-electron chi connectivity index (χ0n) is 9.85. The Hall–Kier alpha value is -0.150. The molecule has 0 atom stereocenters. The summed E-state index contributed by atoms with van der Waals surface area (Å²) in [4.78, 5) is 0. The Morgan fingerprint density at radius 2 is 1.75 bits per heavy atom. The minimum absolute atomic E-state index is 0.667. The molecular weight excluding hydrogens is 282 g/mol. The van der Waals surface area contributed by atoms with Crippen LogP contribution in [0.25, 0.3) is 0 Å². The molecule has 1 aromatic carbocycles. The molecule has 2 rings (SSSR count). The van der Waals surface area contributed by atoms with Crippen LogP contribution in [0, 0.1) is 13.8 Å². The Balaban J connectivity index is 2.14. The second-order valence-electron chi connectivity index (χ2n) is 4.45. The van der Waals surface area contributed by atoms with Crippen molar-refractivity contribution in [2.45, 2.75) is 32.7 Å². The molecule has 0 spiro atoms. The van der Waals surface area contributed by atoms with Crippen LogP contribution >= 0.6 is 27.7 Å². The largest absolute Gasteiger partial charge is 0.382 e. The number of hydrogen-bond donors (Lipinski definition) is 1. The van der Waals surface area contributed by atoms with E-state index in [4.69, 9.17) is 0 Å². The second-order valence-corrected chi connectivity index (χ2v) is 6.59. The van der Waals surface area contributed by atoms with E-state index in [1.54, 1.807) is 0 Å². The van der Waals surface area contributed by atoms with Crippen LogP contribution < -0.4 is 5.32 Å². The van der Waals surface area contributed by atoms with Crippen LogP contribution in [0.3, 0.4) is 0 Å². The van der Waals surface area contributed by atoms with Gasteiger partial charge in [-0.05, 0) is 61.5 Å². The van der Waals surface area contributed by atoms with Crippen molar-refractivity contribution in [3.63, 3.8) is 0 Å². The number of hydrogen-bond acceptors (Lipinski definition) is 2. The van der Waals surface area contributed by atoms with Gasteiger partial charge >= 0.3 is 0 Å². The van der Waals surface area contributed by atoms with E-state index in [-0.39, 0.29) is 0 Å². The van der Waals surface area contributed by atoms with Crippen molar-refractivity contribution in [2.24, 2.45) is 0 Å². The first-order valence-corrected chi connectivity index (χ1v) is 7.72. The van der Waals surface area contributed by atoms with E-state index in [9.17, 15) is 0 Å². The molecule has 0 radical (unpaired) electrons. The van der Waals surface area contributed by atoms with Crippen LogP contribution in [0.4, 0.5) is 5.69 Å². The van der Waals surface area contributed by atoms with Gasteiger partial charge in [-0.1, -0.05) is 15.9 Å². The fourth-order valence-corrected chi connectivity index (χ4v) is 3.98. The first kappa shape index (κ1) is 12.3. The standard InChI is InChI=1S/C13H18BrNS/c1-9-7-11(14)8-10(2)13(9)15-12-3-5-16-6-4-12/h7-8,12,15H,3-6H2,1-2H3. The summed E-state index contributed by atoms with van der Waals surface area (Å²) in [7, 11) is 0. The van der Waals surface area contributed by atoms with E-state index in [1.165, 1.54) is 45.6 Å². The maximum atomic E-state index is 3.71. The molecule has 1 heterocycles. The predicted molar refractivity (Wildman–Crippen MR) is 77.6 cm³/mol. The molecule has 1 aromatic rings. The number of anilines is 1. The number of thioether (sulfide) groups is 1. The number of nitrogens with one attached hydrogen (secondary N) is 1. The van der Waals surface area contributed by atoms with Crippen molar-refractivity contribution in [3.05, 3.63) is 27.7 Å². The quantitative estimate of drug-likeness (QED) is 0.870. The highest BCUT2D eigenvalue weighted by atomic mass is 79.9. The average molecular weight is 300 g/mol. The summed E-state index contributed by atoms with van der Waals surface area (Å²) in [6.45, 7) is 4.36. The van der Waals surface area contributed by atoms with Crippen molar-refractivity contribution < 1.29 is 0 Å². The molecule has 0 amide bonds. The van der Waals surface area contributed by atoms with Gasteiger partial charge in [0.1, 0.15) is 0 Å². The number of benzene rings is 1. The van der Waals surface area contributed by atoms with E-state index in [0.717, 1.165) is 0 Å². The zero-order valence-corrected chi connectivity index (χ0v) is 12.2. The fourth-order valence-electron chi connectivity index (χ4n) is 2.18. The van der Waals surface area contributed by atoms with E-state index >= 15 is 0 Å². The topological polar surface area (TPSA) is 12.0 Å². The molecule has 1 fully saturated rings. The van der Waals surface area contributed by atoms with E-state index in [0.29, 0.717) is 6.04 Å². The Bertz CT molecular complexity index is 349. The highest BCUT2D eigenvalue weighted by molar-refractivity contribution is 9.10. The molecule has 3 heteroatoms. The van der Waals surface area contributed by atoms with Gasteiger partial charge in [0.05, 0.1) is 0 Å². The van der Waals surface area contributed by atoms with Gasteiger partial charge in [-0.3, -0.25) is 0 Å². The highest BCUT2D eigenvalue weighted by Gasteiger charge is 2.15. The van der Waals surface area contributed by atoms with Crippen LogP contribution in [0.1, 0.15) is 24.0 Å². The molecule has 16 heavy (non-hydrogen) atoms. The maximum absolute atomic E-state index is 3.71. The summed E-state index contributed by atoms with van der Waals surface area (Å²) >= 11 is 5.61. The molecule has 0 bridgehead atoms. The molecule has 1 saturated heterocycles. The molecule has 1 aliphatic rings. The normalized spacial score (nSPS) is 17.4. The molecule has 0 saturated carbocycles. The summed E-state index contributed by atoms with van der Waals surface area (Å²) in [5, 5.41) is 3.71. The summed E-state index contributed by atoms with van der Waals surface area (Å²) in [6, 6.07) is 5.04. The lowest BCUT2D eigenvalue weighted by atomic mass is 10.1. The number of rotatable bonds is 2. The molecule has 0 aliphatic carbocycles. The zero-order chi connectivity index (χ0) is 11.5. The number of halogens is 1. The molecule has 1 nitrogen and oxygen atoms in total. The summed E-state index contributed by atoms with van der Waals surface area (Å²) < 4.78 is 1.17. The minimum Gasteiger partial charge on any atom is -0.382 e. The van der Waals surface area contributed by atoms with Crippen molar-refractivity contribution >= 4 is 33.4 Å². The molecule has 0 unspecified atom stereocenters. The Morgan fingerprint density at radius 1 is 1.19 bits per heavy atom. The SMILES string of the molecule is Cc1cc(Br)cc(C)c1NC1CCSCC1. The third-order valence-electron chi connectivity index (χ3n) is 3.07. The number of aryl methyl sites for hydroxylation is 2. The van der Waals surface area contributed by atoms with Crippen LogP contribution in [-0.2, 0) is 0 Å². The first-order chi connectivity index (χ1) is 7.66. The maximum Gasteiger partial charge on any atom is 0.0402 e. The second kappa shape index (κ2) is 5.46. The fraction of sp³-hybridized carbons (Fsp3) is 0.538.